The molecule has 0 saturated carbocycles. The lowest BCUT2D eigenvalue weighted by atomic mass is 9.96. The van der Waals surface area contributed by atoms with Crippen molar-refractivity contribution in [3.63, 3.8) is 0 Å². The second-order valence-corrected chi connectivity index (χ2v) is 6.40. The molecular weight excluding hydrogens is 230 g/mol. The molecule has 2 N–H and O–H groups in total. The minimum Gasteiger partial charge on any atom is -0.339 e. The lowest BCUT2D eigenvalue weighted by Crippen LogP contribution is -2.48. The average molecular weight is 245 g/mol. The van der Waals surface area contributed by atoms with Gasteiger partial charge in [-0.05, 0) is 12.8 Å². The van der Waals surface area contributed by atoms with Crippen LogP contribution in [0.2, 0.25) is 0 Å². The highest BCUT2D eigenvalue weighted by atomic mass is 32.2. The van der Waals surface area contributed by atoms with E-state index < -0.39 is 15.4 Å². The van der Waals surface area contributed by atoms with Crippen LogP contribution in [-0.2, 0) is 21.8 Å². The van der Waals surface area contributed by atoms with Crippen molar-refractivity contribution in [3.05, 3.63) is 11.7 Å². The molecule has 1 aliphatic heterocycles. The molecule has 1 aromatic heterocycles. The summed E-state index contributed by atoms with van der Waals surface area (Å²) in [5.74, 6) is 0.906. The van der Waals surface area contributed by atoms with Crippen molar-refractivity contribution in [1.82, 2.24) is 10.1 Å². The van der Waals surface area contributed by atoms with Gasteiger partial charge in [-0.1, -0.05) is 12.1 Å². The van der Waals surface area contributed by atoms with Gasteiger partial charge >= 0.3 is 0 Å². The van der Waals surface area contributed by atoms with Crippen molar-refractivity contribution >= 4 is 9.84 Å². The maximum Gasteiger partial charge on any atom is 0.226 e. The van der Waals surface area contributed by atoms with Gasteiger partial charge in [0.25, 0.3) is 0 Å². The molecule has 7 heteroatoms. The third-order valence-electron chi connectivity index (χ3n) is 2.77. The van der Waals surface area contributed by atoms with E-state index in [1.807, 2.05) is 6.92 Å². The van der Waals surface area contributed by atoms with Crippen molar-refractivity contribution in [2.45, 2.75) is 31.7 Å². The first-order valence-corrected chi connectivity index (χ1v) is 7.10. The van der Waals surface area contributed by atoms with Gasteiger partial charge in [0.05, 0.1) is 17.0 Å². The fourth-order valence-corrected chi connectivity index (χ4v) is 3.71. The van der Waals surface area contributed by atoms with Gasteiger partial charge in [-0.25, -0.2) is 8.42 Å². The minimum absolute atomic E-state index is 0.0946. The van der Waals surface area contributed by atoms with Crippen molar-refractivity contribution < 1.29 is 12.9 Å². The van der Waals surface area contributed by atoms with E-state index in [0.29, 0.717) is 31.0 Å². The summed E-state index contributed by atoms with van der Waals surface area (Å²) in [6, 6.07) is 0. The molecule has 0 aliphatic carbocycles. The zero-order valence-electron chi connectivity index (χ0n) is 9.14. The van der Waals surface area contributed by atoms with Crippen molar-refractivity contribution in [2.24, 2.45) is 5.73 Å². The summed E-state index contributed by atoms with van der Waals surface area (Å²) in [6.45, 7) is 1.89. The molecule has 6 nitrogen and oxygen atoms in total. The summed E-state index contributed by atoms with van der Waals surface area (Å²) in [4.78, 5) is 4.12. The molecule has 0 spiro atoms. The lowest BCUT2D eigenvalue weighted by Gasteiger charge is -2.29. The first-order valence-electron chi connectivity index (χ1n) is 5.27. The fraction of sp³-hybridized carbons (Fsp3) is 0.778. The Kier molecular flexibility index (Phi) is 2.75. The highest BCUT2D eigenvalue weighted by molar-refractivity contribution is 7.91. The summed E-state index contributed by atoms with van der Waals surface area (Å²) in [6.07, 6.45) is 1.75. The van der Waals surface area contributed by atoms with Crippen LogP contribution < -0.4 is 5.73 Å². The quantitative estimate of drug-likeness (QED) is 0.787. The lowest BCUT2D eigenvalue weighted by molar-refractivity contribution is 0.345. The molecule has 2 heterocycles. The predicted molar refractivity (Wildman–Crippen MR) is 57.4 cm³/mol. The van der Waals surface area contributed by atoms with Gasteiger partial charge in [0.1, 0.15) is 0 Å². The number of aryl methyl sites for hydroxylation is 1. The van der Waals surface area contributed by atoms with Gasteiger partial charge in [-0.2, -0.15) is 4.98 Å². The van der Waals surface area contributed by atoms with Gasteiger partial charge in [-0.3, -0.25) is 0 Å². The molecular formula is C9H15N3O3S. The Morgan fingerprint density at radius 1 is 1.56 bits per heavy atom. The van der Waals surface area contributed by atoms with Crippen LogP contribution in [0.1, 0.15) is 31.5 Å². The third-order valence-corrected chi connectivity index (χ3v) is 4.64. The van der Waals surface area contributed by atoms with E-state index in [-0.39, 0.29) is 11.5 Å². The molecule has 1 atom stereocenters. The first kappa shape index (κ1) is 11.5. The minimum atomic E-state index is -3.08. The van der Waals surface area contributed by atoms with E-state index in [1.54, 1.807) is 0 Å². The van der Waals surface area contributed by atoms with E-state index in [2.05, 4.69) is 10.1 Å². The SMILES string of the molecule is CCc1nc(C2(N)CCCS(=O)(=O)C2)no1. The monoisotopic (exact) mass is 245 g/mol. The van der Waals surface area contributed by atoms with Gasteiger partial charge in [0.2, 0.25) is 5.89 Å². The van der Waals surface area contributed by atoms with Crippen LogP contribution in [-0.4, -0.2) is 30.1 Å². The van der Waals surface area contributed by atoms with Gasteiger partial charge in [-0.15, -0.1) is 0 Å². The summed E-state index contributed by atoms with van der Waals surface area (Å²) in [5, 5.41) is 3.77. The smallest absolute Gasteiger partial charge is 0.226 e. The van der Waals surface area contributed by atoms with E-state index in [9.17, 15) is 8.42 Å². The van der Waals surface area contributed by atoms with E-state index >= 15 is 0 Å². The second kappa shape index (κ2) is 3.81. The van der Waals surface area contributed by atoms with Crippen molar-refractivity contribution in [2.75, 3.05) is 11.5 Å². The van der Waals surface area contributed by atoms with Gasteiger partial charge in [0.15, 0.2) is 15.7 Å². The number of nitrogens with two attached hydrogens (primary N) is 1. The molecule has 0 aromatic carbocycles. The molecule has 1 aromatic rings. The number of nitrogens with zero attached hydrogens (tertiary/aromatic N) is 2. The zero-order chi connectivity index (χ0) is 11.8. The molecule has 16 heavy (non-hydrogen) atoms. The number of hydrogen-bond acceptors (Lipinski definition) is 6. The van der Waals surface area contributed by atoms with Crippen LogP contribution in [0, 0.1) is 0 Å². The number of rotatable bonds is 2. The van der Waals surface area contributed by atoms with Crippen LogP contribution in [0.4, 0.5) is 0 Å². The second-order valence-electron chi connectivity index (χ2n) is 4.22. The van der Waals surface area contributed by atoms with Crippen LogP contribution in [0.3, 0.4) is 0 Å². The average Bonchev–Trinajstić information content (AvgIpc) is 2.64. The maximum absolute atomic E-state index is 11.5. The van der Waals surface area contributed by atoms with Crippen molar-refractivity contribution in [3.8, 4) is 0 Å². The standard InChI is InChI=1S/C9H15N3O3S/c1-2-7-11-8(12-15-7)9(10)4-3-5-16(13,14)6-9/h2-6,10H2,1H3. The Hall–Kier alpha value is -0.950. The summed E-state index contributed by atoms with van der Waals surface area (Å²) in [5.41, 5.74) is 5.08. The molecule has 1 fully saturated rings. The van der Waals surface area contributed by atoms with Gasteiger partial charge < -0.3 is 10.3 Å². The molecule has 0 radical (unpaired) electrons. The molecule has 1 unspecified atom stereocenters. The van der Waals surface area contributed by atoms with Crippen molar-refractivity contribution in [1.29, 1.82) is 0 Å². The Balaban J connectivity index is 2.31. The molecule has 0 bridgehead atoms. The molecule has 90 valence electrons. The van der Waals surface area contributed by atoms with Gasteiger partial charge in [0, 0.05) is 6.42 Å². The fourth-order valence-electron chi connectivity index (χ4n) is 1.92. The molecule has 2 rings (SSSR count). The summed E-state index contributed by atoms with van der Waals surface area (Å²) >= 11 is 0. The highest BCUT2D eigenvalue weighted by Crippen LogP contribution is 2.28. The Morgan fingerprint density at radius 3 is 2.88 bits per heavy atom. The topological polar surface area (TPSA) is 99.1 Å². The normalized spacial score (nSPS) is 29.1. The third kappa shape index (κ3) is 2.10. The van der Waals surface area contributed by atoms with Crippen LogP contribution in [0.5, 0.6) is 0 Å². The number of hydrogen-bond donors (Lipinski definition) is 1. The zero-order valence-corrected chi connectivity index (χ0v) is 9.96. The molecule has 0 amide bonds. The van der Waals surface area contributed by atoms with E-state index in [4.69, 9.17) is 10.3 Å². The summed E-state index contributed by atoms with van der Waals surface area (Å²) < 4.78 is 28.1. The predicted octanol–water partition coefficient (Wildman–Crippen LogP) is -0.00540. The van der Waals surface area contributed by atoms with E-state index in [0.717, 1.165) is 0 Å². The maximum atomic E-state index is 11.5. The first-order chi connectivity index (χ1) is 7.45. The summed E-state index contributed by atoms with van der Waals surface area (Å²) in [7, 11) is -3.08. The molecule has 1 aliphatic rings. The Labute approximate surface area is 94.1 Å². The van der Waals surface area contributed by atoms with E-state index in [1.165, 1.54) is 0 Å². The largest absolute Gasteiger partial charge is 0.339 e. The highest BCUT2D eigenvalue weighted by Gasteiger charge is 2.40. The molecule has 1 saturated heterocycles. The van der Waals surface area contributed by atoms with Crippen LogP contribution >= 0.6 is 0 Å². The Bertz CT molecular complexity index is 482. The van der Waals surface area contributed by atoms with Crippen LogP contribution in [0.15, 0.2) is 4.52 Å². The number of aromatic nitrogens is 2. The van der Waals surface area contributed by atoms with Crippen LogP contribution in [0.25, 0.3) is 0 Å². The number of sulfone groups is 1. The Morgan fingerprint density at radius 2 is 2.31 bits per heavy atom.